The molecule has 25 heavy (non-hydrogen) atoms. The lowest BCUT2D eigenvalue weighted by Gasteiger charge is -2.40. The van der Waals surface area contributed by atoms with Crippen molar-refractivity contribution in [3.63, 3.8) is 0 Å². The number of nitrogens with one attached hydrogen (secondary N) is 1. The average molecular weight is 346 g/mol. The third-order valence-electron chi connectivity index (χ3n) is 4.60. The summed E-state index contributed by atoms with van der Waals surface area (Å²) in [7, 11) is 0. The predicted molar refractivity (Wildman–Crippen MR) is 98.4 cm³/mol. The van der Waals surface area contributed by atoms with Crippen LogP contribution in [0.2, 0.25) is 0 Å². The smallest absolute Gasteiger partial charge is 0.251 e. The standard InChI is InChI=1S/C20H30N2O3/c1-4-5-11-17-13-22(14-18(25-17)15(2)3)19(23)12-21-20(24)16-9-7-6-8-10-16/h6-10,15,17-18H,4-5,11-14H2,1-3H3,(H,21,24)/t17-,18-/m1/s1. The molecule has 2 atom stereocenters. The van der Waals surface area contributed by atoms with Crippen LogP contribution in [0.1, 0.15) is 50.4 Å². The van der Waals surface area contributed by atoms with Crippen LogP contribution in [0.5, 0.6) is 0 Å². The molecule has 0 saturated carbocycles. The first-order valence-electron chi connectivity index (χ1n) is 9.27. The summed E-state index contributed by atoms with van der Waals surface area (Å²) >= 11 is 0. The second-order valence-corrected chi connectivity index (χ2v) is 7.03. The van der Waals surface area contributed by atoms with Crippen molar-refractivity contribution in [3.05, 3.63) is 35.9 Å². The summed E-state index contributed by atoms with van der Waals surface area (Å²) in [5.74, 6) is 0.100. The molecule has 0 bridgehead atoms. The zero-order valence-electron chi connectivity index (χ0n) is 15.5. The van der Waals surface area contributed by atoms with Gasteiger partial charge in [-0.1, -0.05) is 51.8 Å². The molecule has 1 N–H and O–H groups in total. The molecule has 5 heteroatoms. The first-order valence-corrected chi connectivity index (χ1v) is 9.27. The lowest BCUT2D eigenvalue weighted by molar-refractivity contribution is -0.149. The van der Waals surface area contributed by atoms with E-state index in [4.69, 9.17) is 4.74 Å². The van der Waals surface area contributed by atoms with Crippen molar-refractivity contribution in [2.75, 3.05) is 19.6 Å². The van der Waals surface area contributed by atoms with Crippen LogP contribution in [0.4, 0.5) is 0 Å². The zero-order chi connectivity index (χ0) is 18.2. The Morgan fingerprint density at radius 3 is 2.60 bits per heavy atom. The summed E-state index contributed by atoms with van der Waals surface area (Å²) in [6, 6.07) is 8.96. The number of hydrogen-bond donors (Lipinski definition) is 1. The van der Waals surface area contributed by atoms with E-state index in [-0.39, 0.29) is 30.6 Å². The summed E-state index contributed by atoms with van der Waals surface area (Å²) in [6.07, 6.45) is 3.34. The van der Waals surface area contributed by atoms with Crippen LogP contribution in [-0.4, -0.2) is 48.6 Å². The van der Waals surface area contributed by atoms with Gasteiger partial charge in [-0.2, -0.15) is 0 Å². The fraction of sp³-hybridized carbons (Fsp3) is 0.600. The van der Waals surface area contributed by atoms with Gasteiger partial charge in [0, 0.05) is 18.7 Å². The Labute approximate surface area is 150 Å². The number of morpholine rings is 1. The third-order valence-corrected chi connectivity index (χ3v) is 4.60. The number of nitrogens with zero attached hydrogens (tertiary/aromatic N) is 1. The summed E-state index contributed by atoms with van der Waals surface area (Å²) < 4.78 is 6.14. The van der Waals surface area contributed by atoms with E-state index in [0.29, 0.717) is 24.6 Å². The maximum absolute atomic E-state index is 12.6. The van der Waals surface area contributed by atoms with E-state index in [1.54, 1.807) is 12.1 Å². The topological polar surface area (TPSA) is 58.6 Å². The summed E-state index contributed by atoms with van der Waals surface area (Å²) in [5.41, 5.74) is 0.568. The Kier molecular flexibility index (Phi) is 7.44. The van der Waals surface area contributed by atoms with Crippen molar-refractivity contribution in [2.24, 2.45) is 5.92 Å². The molecular weight excluding hydrogens is 316 g/mol. The van der Waals surface area contributed by atoms with Crippen molar-refractivity contribution in [2.45, 2.75) is 52.2 Å². The Morgan fingerprint density at radius 2 is 1.96 bits per heavy atom. The molecule has 0 unspecified atom stereocenters. The molecular formula is C20H30N2O3. The molecule has 1 aromatic carbocycles. The van der Waals surface area contributed by atoms with Gasteiger partial charge >= 0.3 is 0 Å². The molecule has 1 saturated heterocycles. The van der Waals surface area contributed by atoms with E-state index < -0.39 is 0 Å². The molecule has 5 nitrogen and oxygen atoms in total. The summed E-state index contributed by atoms with van der Waals surface area (Å²) in [5, 5.41) is 2.73. The van der Waals surface area contributed by atoms with Crippen molar-refractivity contribution < 1.29 is 14.3 Å². The molecule has 1 aliphatic rings. The van der Waals surface area contributed by atoms with Gasteiger partial charge in [0.2, 0.25) is 5.91 Å². The van der Waals surface area contributed by atoms with Gasteiger partial charge in [0.05, 0.1) is 18.8 Å². The number of hydrogen-bond acceptors (Lipinski definition) is 3. The van der Waals surface area contributed by atoms with Gasteiger partial charge < -0.3 is 15.0 Å². The van der Waals surface area contributed by atoms with Crippen molar-refractivity contribution in [1.82, 2.24) is 10.2 Å². The molecule has 1 aliphatic heterocycles. The van der Waals surface area contributed by atoms with Crippen LogP contribution in [-0.2, 0) is 9.53 Å². The quantitative estimate of drug-likeness (QED) is 0.826. The predicted octanol–water partition coefficient (Wildman–Crippen LogP) is 2.86. The van der Waals surface area contributed by atoms with Gasteiger partial charge in [0.1, 0.15) is 0 Å². The van der Waals surface area contributed by atoms with Crippen LogP contribution >= 0.6 is 0 Å². The minimum absolute atomic E-state index is 0.0268. The number of ether oxygens (including phenoxy) is 1. The third kappa shape index (κ3) is 5.85. The monoisotopic (exact) mass is 346 g/mol. The maximum atomic E-state index is 12.6. The van der Waals surface area contributed by atoms with E-state index in [9.17, 15) is 9.59 Å². The second-order valence-electron chi connectivity index (χ2n) is 7.03. The lowest BCUT2D eigenvalue weighted by atomic mass is 10.0. The first kappa shape index (κ1) is 19.4. The molecule has 1 heterocycles. The minimum atomic E-state index is -0.217. The van der Waals surface area contributed by atoms with Gasteiger partial charge in [-0.05, 0) is 24.5 Å². The van der Waals surface area contributed by atoms with Crippen LogP contribution in [0.15, 0.2) is 30.3 Å². The zero-order valence-corrected chi connectivity index (χ0v) is 15.5. The molecule has 0 aliphatic carbocycles. The summed E-state index contributed by atoms with van der Waals surface area (Å²) in [6.45, 7) is 7.63. The number of benzene rings is 1. The molecule has 0 aromatic heterocycles. The number of amides is 2. The number of carbonyl (C=O) groups is 2. The SMILES string of the molecule is CCCC[C@@H]1CN(C(=O)CNC(=O)c2ccccc2)C[C@H](C(C)C)O1. The highest BCUT2D eigenvalue weighted by molar-refractivity contribution is 5.96. The summed E-state index contributed by atoms with van der Waals surface area (Å²) in [4.78, 5) is 26.5. The van der Waals surface area contributed by atoms with Gasteiger partial charge in [-0.3, -0.25) is 9.59 Å². The molecule has 138 valence electrons. The lowest BCUT2D eigenvalue weighted by Crippen LogP contribution is -2.53. The van der Waals surface area contributed by atoms with Crippen molar-refractivity contribution in [1.29, 1.82) is 0 Å². The van der Waals surface area contributed by atoms with Crippen LogP contribution in [0.25, 0.3) is 0 Å². The first-order chi connectivity index (χ1) is 12.0. The average Bonchev–Trinajstić information content (AvgIpc) is 2.64. The largest absolute Gasteiger partial charge is 0.371 e. The maximum Gasteiger partial charge on any atom is 0.251 e. The van der Waals surface area contributed by atoms with Crippen molar-refractivity contribution >= 4 is 11.8 Å². The molecule has 0 radical (unpaired) electrons. The molecule has 0 spiro atoms. The Balaban J connectivity index is 1.90. The van der Waals surface area contributed by atoms with E-state index in [2.05, 4.69) is 26.1 Å². The molecule has 1 fully saturated rings. The minimum Gasteiger partial charge on any atom is -0.371 e. The molecule has 2 amide bonds. The highest BCUT2D eigenvalue weighted by Gasteiger charge is 2.31. The van der Waals surface area contributed by atoms with E-state index in [0.717, 1.165) is 19.3 Å². The van der Waals surface area contributed by atoms with Crippen LogP contribution in [0, 0.1) is 5.92 Å². The van der Waals surface area contributed by atoms with E-state index in [1.165, 1.54) is 0 Å². The highest BCUT2D eigenvalue weighted by atomic mass is 16.5. The van der Waals surface area contributed by atoms with Gasteiger partial charge in [-0.15, -0.1) is 0 Å². The number of carbonyl (C=O) groups excluding carboxylic acids is 2. The molecule has 2 rings (SSSR count). The Morgan fingerprint density at radius 1 is 1.24 bits per heavy atom. The molecule has 1 aromatic rings. The van der Waals surface area contributed by atoms with E-state index in [1.807, 2.05) is 23.1 Å². The van der Waals surface area contributed by atoms with Gasteiger partial charge in [-0.25, -0.2) is 0 Å². The van der Waals surface area contributed by atoms with Gasteiger partial charge in [0.15, 0.2) is 0 Å². The number of rotatable bonds is 7. The highest BCUT2D eigenvalue weighted by Crippen LogP contribution is 2.21. The van der Waals surface area contributed by atoms with Crippen LogP contribution in [0.3, 0.4) is 0 Å². The second kappa shape index (κ2) is 9.56. The number of unbranched alkanes of at least 4 members (excludes halogenated alkanes) is 1. The Hall–Kier alpha value is -1.88. The van der Waals surface area contributed by atoms with E-state index >= 15 is 0 Å². The fourth-order valence-corrected chi connectivity index (χ4v) is 2.99. The van der Waals surface area contributed by atoms with Crippen LogP contribution < -0.4 is 5.32 Å². The normalized spacial score (nSPS) is 20.6. The Bertz CT molecular complexity index is 559. The van der Waals surface area contributed by atoms with Crippen molar-refractivity contribution in [3.8, 4) is 0 Å². The van der Waals surface area contributed by atoms with Gasteiger partial charge in [0.25, 0.3) is 5.91 Å². The fourth-order valence-electron chi connectivity index (χ4n) is 2.99.